The molecule has 1 aliphatic heterocycles. The monoisotopic (exact) mass is 343 g/mol. The Morgan fingerprint density at radius 3 is 2.62 bits per heavy atom. The molecule has 0 unspecified atom stereocenters. The Morgan fingerprint density at radius 1 is 0.923 bits per heavy atom. The summed E-state index contributed by atoms with van der Waals surface area (Å²) >= 11 is 0. The first kappa shape index (κ1) is 14.5. The number of aliphatic imine (C=N–C) groups is 1. The van der Waals surface area contributed by atoms with Crippen LogP contribution in [0.25, 0.3) is 16.8 Å². The largest absolute Gasteiger partial charge is 0.504 e. The molecule has 0 atom stereocenters. The lowest BCUT2D eigenvalue weighted by Gasteiger charge is -2.07. The number of aromatic nitrogens is 3. The summed E-state index contributed by atoms with van der Waals surface area (Å²) in [4.78, 5) is 9.27. The average Bonchev–Trinajstić information content (AvgIpc) is 2.99. The third-order valence-corrected chi connectivity index (χ3v) is 4.42. The summed E-state index contributed by atoms with van der Waals surface area (Å²) in [5.74, 6) is -0.205. The topological polar surface area (TPSA) is 109 Å². The van der Waals surface area contributed by atoms with Gasteiger partial charge in [0.05, 0.1) is 11.4 Å². The highest BCUT2D eigenvalue weighted by molar-refractivity contribution is 6.21. The van der Waals surface area contributed by atoms with Gasteiger partial charge >= 0.3 is 0 Å². The Labute approximate surface area is 147 Å². The maximum atomic E-state index is 9.92. The van der Waals surface area contributed by atoms with Crippen LogP contribution in [0.1, 0.15) is 11.1 Å². The van der Waals surface area contributed by atoms with Crippen molar-refractivity contribution in [2.24, 2.45) is 4.99 Å². The second-order valence-electron chi connectivity index (χ2n) is 6.02. The number of phenolic OH excluding ortho intramolecular Hbond substituents is 2. The summed E-state index contributed by atoms with van der Waals surface area (Å²) in [6.45, 7) is 0. The summed E-state index contributed by atoms with van der Waals surface area (Å²) in [6, 6.07) is 14.2. The highest BCUT2D eigenvalue weighted by Gasteiger charge is 2.23. The van der Waals surface area contributed by atoms with E-state index in [0.29, 0.717) is 17.0 Å². The number of hydrogen-bond donors (Lipinski definition) is 3. The fraction of sp³-hybridized carbons (Fsp3) is 0. The number of para-hydroxylation sites is 1. The Morgan fingerprint density at radius 2 is 1.77 bits per heavy atom. The van der Waals surface area contributed by atoms with E-state index in [-0.39, 0.29) is 17.4 Å². The van der Waals surface area contributed by atoms with E-state index in [2.05, 4.69) is 10.1 Å². The fourth-order valence-corrected chi connectivity index (χ4v) is 3.26. The molecule has 7 heteroatoms. The van der Waals surface area contributed by atoms with E-state index in [1.54, 1.807) is 16.8 Å². The van der Waals surface area contributed by atoms with Crippen LogP contribution in [0.5, 0.6) is 11.5 Å². The normalized spacial score (nSPS) is 12.5. The minimum absolute atomic E-state index is 0.176. The van der Waals surface area contributed by atoms with Crippen LogP contribution in [-0.2, 0) is 0 Å². The first-order chi connectivity index (χ1) is 12.6. The van der Waals surface area contributed by atoms with Gasteiger partial charge in [-0.05, 0) is 30.3 Å². The van der Waals surface area contributed by atoms with E-state index in [9.17, 15) is 10.2 Å². The number of aromatic hydroxyl groups is 2. The molecule has 0 amide bonds. The Kier molecular flexibility index (Phi) is 2.82. The van der Waals surface area contributed by atoms with Gasteiger partial charge in [-0.1, -0.05) is 18.2 Å². The number of phenols is 2. The van der Waals surface area contributed by atoms with Crippen LogP contribution < -0.4 is 5.73 Å². The van der Waals surface area contributed by atoms with Crippen molar-refractivity contribution in [2.45, 2.75) is 0 Å². The van der Waals surface area contributed by atoms with E-state index in [1.807, 2.05) is 30.3 Å². The Hall–Kier alpha value is -3.87. The smallest absolute Gasteiger partial charge is 0.238 e. The minimum atomic E-state index is -0.202. The van der Waals surface area contributed by atoms with Crippen LogP contribution in [0, 0.1) is 0 Å². The zero-order valence-electron chi connectivity index (χ0n) is 13.5. The summed E-state index contributed by atoms with van der Waals surface area (Å²) in [5, 5.41) is 23.8. The molecule has 0 fully saturated rings. The number of benzene rings is 2. The van der Waals surface area contributed by atoms with E-state index in [1.165, 1.54) is 12.1 Å². The highest BCUT2D eigenvalue weighted by atomic mass is 16.3. The molecule has 0 bridgehead atoms. The van der Waals surface area contributed by atoms with Gasteiger partial charge in [-0.3, -0.25) is 0 Å². The molecule has 3 heterocycles. The molecule has 2 aromatic carbocycles. The van der Waals surface area contributed by atoms with Crippen molar-refractivity contribution in [1.29, 1.82) is 0 Å². The Bertz CT molecular complexity index is 1230. The average molecular weight is 343 g/mol. The van der Waals surface area contributed by atoms with Gasteiger partial charge in [0.1, 0.15) is 11.2 Å². The van der Waals surface area contributed by atoms with Crippen molar-refractivity contribution < 1.29 is 10.2 Å². The lowest BCUT2D eigenvalue weighted by atomic mass is 10.0. The molecule has 0 saturated heterocycles. The molecule has 7 nitrogen and oxygen atoms in total. The molecule has 5 rings (SSSR count). The summed E-state index contributed by atoms with van der Waals surface area (Å²) < 4.78 is 1.69. The molecule has 26 heavy (non-hydrogen) atoms. The minimum Gasteiger partial charge on any atom is -0.504 e. The maximum Gasteiger partial charge on any atom is 0.238 e. The SMILES string of the molecule is Nc1nc2c3c(ccn3n1)C(c1ccc(O)c(O)c1)=Nc1ccccc1-2. The quantitative estimate of drug-likeness (QED) is 0.406. The van der Waals surface area contributed by atoms with Crippen molar-refractivity contribution in [3.63, 3.8) is 0 Å². The number of hydrogen-bond acceptors (Lipinski definition) is 6. The number of rotatable bonds is 1. The molecule has 2 aromatic heterocycles. The second kappa shape index (κ2) is 5.06. The van der Waals surface area contributed by atoms with Crippen LogP contribution in [-0.4, -0.2) is 30.5 Å². The van der Waals surface area contributed by atoms with Gasteiger partial charge in [0.25, 0.3) is 0 Å². The standard InChI is InChI=1S/C19H13N5O2/c20-19-22-17-11-3-1-2-4-13(11)21-16(10-5-6-14(25)15(26)9-10)12-7-8-24(23-19)18(12)17/h1-9,25-26H,(H2,20,23). The molecular formula is C19H13N5O2. The van der Waals surface area contributed by atoms with Crippen molar-refractivity contribution in [3.8, 4) is 22.8 Å². The maximum absolute atomic E-state index is 9.92. The summed E-state index contributed by atoms with van der Waals surface area (Å²) in [6.07, 6.45) is 1.80. The second-order valence-corrected chi connectivity index (χ2v) is 6.02. The zero-order valence-corrected chi connectivity index (χ0v) is 13.5. The number of fused-ring (bicyclic) bond motifs is 2. The van der Waals surface area contributed by atoms with Gasteiger partial charge in [-0.2, -0.15) is 0 Å². The van der Waals surface area contributed by atoms with Gasteiger partial charge in [0.15, 0.2) is 11.5 Å². The lowest BCUT2D eigenvalue weighted by Crippen LogP contribution is -2.05. The molecule has 4 N–H and O–H groups in total. The molecule has 0 aliphatic carbocycles. The predicted octanol–water partition coefficient (Wildman–Crippen LogP) is 2.87. The molecule has 4 aromatic rings. The van der Waals surface area contributed by atoms with Gasteiger partial charge in [0, 0.05) is 22.9 Å². The van der Waals surface area contributed by atoms with Crippen LogP contribution >= 0.6 is 0 Å². The lowest BCUT2D eigenvalue weighted by molar-refractivity contribution is 0.403. The van der Waals surface area contributed by atoms with Crippen molar-refractivity contribution in [2.75, 3.05) is 5.73 Å². The first-order valence-electron chi connectivity index (χ1n) is 7.97. The fourth-order valence-electron chi connectivity index (χ4n) is 3.26. The van der Waals surface area contributed by atoms with E-state index in [4.69, 9.17) is 10.7 Å². The summed E-state index contributed by atoms with van der Waals surface area (Å²) in [5.41, 5.74) is 11.1. The van der Waals surface area contributed by atoms with E-state index >= 15 is 0 Å². The summed E-state index contributed by atoms with van der Waals surface area (Å²) in [7, 11) is 0. The van der Waals surface area contributed by atoms with Gasteiger partial charge in [-0.15, -0.1) is 5.10 Å². The Balaban J connectivity index is 1.91. The van der Waals surface area contributed by atoms with Crippen LogP contribution in [0.4, 0.5) is 11.6 Å². The van der Waals surface area contributed by atoms with Crippen LogP contribution in [0.2, 0.25) is 0 Å². The molecule has 0 saturated carbocycles. The third-order valence-electron chi connectivity index (χ3n) is 4.42. The zero-order chi connectivity index (χ0) is 17.8. The number of anilines is 1. The third kappa shape index (κ3) is 1.97. The van der Waals surface area contributed by atoms with Crippen LogP contribution in [0.15, 0.2) is 59.7 Å². The highest BCUT2D eigenvalue weighted by Crippen LogP contribution is 2.38. The number of nitrogens with two attached hydrogens (primary N) is 1. The molecular weight excluding hydrogens is 330 g/mol. The van der Waals surface area contributed by atoms with E-state index in [0.717, 1.165) is 22.3 Å². The number of nitrogen functional groups attached to an aromatic ring is 1. The predicted molar refractivity (Wildman–Crippen MR) is 97.9 cm³/mol. The molecule has 0 radical (unpaired) electrons. The van der Waals surface area contributed by atoms with Gasteiger partial charge < -0.3 is 15.9 Å². The van der Waals surface area contributed by atoms with Gasteiger partial charge in [-0.25, -0.2) is 14.5 Å². The van der Waals surface area contributed by atoms with Crippen molar-refractivity contribution >= 4 is 22.9 Å². The van der Waals surface area contributed by atoms with Crippen molar-refractivity contribution in [3.05, 3.63) is 65.9 Å². The molecule has 1 aliphatic rings. The molecule has 126 valence electrons. The van der Waals surface area contributed by atoms with Crippen molar-refractivity contribution in [1.82, 2.24) is 14.6 Å². The first-order valence-corrected chi connectivity index (χ1v) is 7.97. The van der Waals surface area contributed by atoms with Gasteiger partial charge in [0.2, 0.25) is 5.95 Å². The van der Waals surface area contributed by atoms with Crippen LogP contribution in [0.3, 0.4) is 0 Å². The molecule has 0 spiro atoms. The number of nitrogens with zero attached hydrogens (tertiary/aromatic N) is 4. The van der Waals surface area contributed by atoms with E-state index < -0.39 is 0 Å².